The van der Waals surface area contributed by atoms with Gasteiger partial charge in [-0.1, -0.05) is 28.1 Å². The molecular formula is C9H8BrFO. The van der Waals surface area contributed by atoms with E-state index in [-0.39, 0.29) is 16.9 Å². The van der Waals surface area contributed by atoms with Crippen molar-refractivity contribution in [2.24, 2.45) is 0 Å². The Labute approximate surface area is 78.7 Å². The van der Waals surface area contributed by atoms with Gasteiger partial charge in [0.05, 0.1) is 5.33 Å². The van der Waals surface area contributed by atoms with Gasteiger partial charge in [-0.2, -0.15) is 0 Å². The minimum Gasteiger partial charge on any atom is -0.293 e. The summed E-state index contributed by atoms with van der Waals surface area (Å²) >= 11 is 3.02. The highest BCUT2D eigenvalue weighted by Crippen LogP contribution is 2.10. The molecule has 64 valence electrons. The molecule has 0 aliphatic heterocycles. The van der Waals surface area contributed by atoms with Crippen molar-refractivity contribution >= 4 is 21.7 Å². The number of aryl methyl sites for hydroxylation is 1. The maximum Gasteiger partial charge on any atom is 0.173 e. The second-order valence-electron chi connectivity index (χ2n) is 2.52. The van der Waals surface area contributed by atoms with E-state index >= 15 is 0 Å². The normalized spacial score (nSPS) is 9.92. The van der Waals surface area contributed by atoms with Crippen molar-refractivity contribution in [2.75, 3.05) is 5.33 Å². The van der Waals surface area contributed by atoms with Gasteiger partial charge in [0.2, 0.25) is 0 Å². The first-order valence-corrected chi connectivity index (χ1v) is 4.62. The molecule has 1 rings (SSSR count). The van der Waals surface area contributed by atoms with E-state index in [1.54, 1.807) is 19.1 Å². The standard InChI is InChI=1S/C9H8BrFO/c1-6-2-3-7(4-8(6)11)9(12)5-10/h2-4H,5H2,1H3. The second kappa shape index (κ2) is 3.81. The van der Waals surface area contributed by atoms with Gasteiger partial charge in [-0.05, 0) is 18.6 Å². The molecule has 0 unspecified atom stereocenters. The third kappa shape index (κ3) is 1.91. The number of ketones is 1. The zero-order valence-corrected chi connectivity index (χ0v) is 8.19. The van der Waals surface area contributed by atoms with E-state index in [1.165, 1.54) is 6.07 Å². The van der Waals surface area contributed by atoms with E-state index in [1.807, 2.05) is 0 Å². The largest absolute Gasteiger partial charge is 0.293 e. The minimum absolute atomic E-state index is 0.103. The van der Waals surface area contributed by atoms with Gasteiger partial charge in [0, 0.05) is 5.56 Å². The van der Waals surface area contributed by atoms with E-state index in [0.717, 1.165) is 0 Å². The molecule has 1 aromatic carbocycles. The van der Waals surface area contributed by atoms with Crippen molar-refractivity contribution in [2.45, 2.75) is 6.92 Å². The van der Waals surface area contributed by atoms with Gasteiger partial charge >= 0.3 is 0 Å². The Morgan fingerprint density at radius 2 is 2.25 bits per heavy atom. The first-order valence-electron chi connectivity index (χ1n) is 3.50. The maximum absolute atomic E-state index is 12.9. The fraction of sp³-hybridized carbons (Fsp3) is 0.222. The van der Waals surface area contributed by atoms with Gasteiger partial charge in [-0.15, -0.1) is 0 Å². The molecule has 0 fully saturated rings. The molecule has 0 aromatic heterocycles. The molecule has 1 aromatic rings. The Hall–Kier alpha value is -0.700. The lowest BCUT2D eigenvalue weighted by atomic mass is 10.1. The van der Waals surface area contributed by atoms with Gasteiger partial charge in [0.1, 0.15) is 5.82 Å². The number of rotatable bonds is 2. The highest BCUT2D eigenvalue weighted by atomic mass is 79.9. The molecule has 0 spiro atoms. The highest BCUT2D eigenvalue weighted by Gasteiger charge is 2.05. The van der Waals surface area contributed by atoms with Crippen LogP contribution >= 0.6 is 15.9 Å². The van der Waals surface area contributed by atoms with Crippen LogP contribution in [0, 0.1) is 12.7 Å². The number of alkyl halides is 1. The van der Waals surface area contributed by atoms with Gasteiger partial charge in [0.15, 0.2) is 5.78 Å². The number of hydrogen-bond donors (Lipinski definition) is 0. The molecule has 0 atom stereocenters. The van der Waals surface area contributed by atoms with Crippen LogP contribution in [0.1, 0.15) is 15.9 Å². The smallest absolute Gasteiger partial charge is 0.173 e. The van der Waals surface area contributed by atoms with E-state index in [4.69, 9.17) is 0 Å². The predicted molar refractivity (Wildman–Crippen MR) is 49.3 cm³/mol. The number of carbonyl (C=O) groups excluding carboxylic acids is 1. The molecule has 0 amide bonds. The van der Waals surface area contributed by atoms with Crippen molar-refractivity contribution in [3.05, 3.63) is 35.1 Å². The zero-order valence-electron chi connectivity index (χ0n) is 6.60. The van der Waals surface area contributed by atoms with Crippen LogP contribution in [0.4, 0.5) is 4.39 Å². The fourth-order valence-corrected chi connectivity index (χ4v) is 1.17. The molecule has 0 heterocycles. The maximum atomic E-state index is 12.9. The summed E-state index contributed by atoms with van der Waals surface area (Å²) in [5.41, 5.74) is 0.969. The number of carbonyl (C=O) groups is 1. The van der Waals surface area contributed by atoms with Crippen LogP contribution in [0.25, 0.3) is 0 Å². The van der Waals surface area contributed by atoms with Crippen LogP contribution in [-0.4, -0.2) is 11.1 Å². The van der Waals surface area contributed by atoms with Crippen LogP contribution in [-0.2, 0) is 0 Å². The molecule has 0 N–H and O–H groups in total. The third-order valence-electron chi connectivity index (χ3n) is 1.62. The molecule has 0 aliphatic rings. The molecule has 0 bridgehead atoms. The summed E-state index contributed by atoms with van der Waals surface area (Å²) in [6, 6.07) is 4.49. The van der Waals surface area contributed by atoms with E-state index < -0.39 is 0 Å². The average Bonchev–Trinajstić information content (AvgIpc) is 2.08. The topological polar surface area (TPSA) is 17.1 Å². The lowest BCUT2D eigenvalue weighted by Crippen LogP contribution is -2.00. The van der Waals surface area contributed by atoms with E-state index in [0.29, 0.717) is 11.1 Å². The first-order chi connectivity index (χ1) is 5.65. The van der Waals surface area contributed by atoms with Crippen molar-refractivity contribution < 1.29 is 9.18 Å². The summed E-state index contributed by atoms with van der Waals surface area (Å²) in [5, 5.41) is 0.232. The van der Waals surface area contributed by atoms with E-state index in [2.05, 4.69) is 15.9 Å². The monoisotopic (exact) mass is 230 g/mol. The molecule has 0 saturated heterocycles. The average molecular weight is 231 g/mol. The van der Waals surface area contributed by atoms with Crippen molar-refractivity contribution in [3.63, 3.8) is 0 Å². The summed E-state index contributed by atoms with van der Waals surface area (Å²) in [4.78, 5) is 11.1. The molecule has 0 radical (unpaired) electrons. The third-order valence-corrected chi connectivity index (χ3v) is 2.12. The lowest BCUT2D eigenvalue weighted by molar-refractivity contribution is 0.102. The summed E-state index contributed by atoms with van der Waals surface area (Å²) in [7, 11) is 0. The summed E-state index contributed by atoms with van der Waals surface area (Å²) < 4.78 is 12.9. The van der Waals surface area contributed by atoms with Gasteiger partial charge in [-0.3, -0.25) is 4.79 Å². The van der Waals surface area contributed by atoms with Crippen LogP contribution in [0.15, 0.2) is 18.2 Å². The number of hydrogen-bond acceptors (Lipinski definition) is 1. The van der Waals surface area contributed by atoms with Crippen LogP contribution in [0.5, 0.6) is 0 Å². The SMILES string of the molecule is Cc1ccc(C(=O)CBr)cc1F. The molecule has 1 nitrogen and oxygen atoms in total. The number of Topliss-reactive ketones (excluding diaryl/α,β-unsaturated/α-hetero) is 1. The Morgan fingerprint density at radius 1 is 1.58 bits per heavy atom. The predicted octanol–water partition coefficient (Wildman–Crippen LogP) is 2.71. The van der Waals surface area contributed by atoms with Crippen molar-refractivity contribution in [1.29, 1.82) is 0 Å². The van der Waals surface area contributed by atoms with Gasteiger partial charge < -0.3 is 0 Å². The Balaban J connectivity index is 3.05. The van der Waals surface area contributed by atoms with Gasteiger partial charge in [0.25, 0.3) is 0 Å². The quantitative estimate of drug-likeness (QED) is 0.564. The summed E-state index contributed by atoms with van der Waals surface area (Å²) in [6.45, 7) is 1.66. The Bertz CT molecular complexity index is 309. The Morgan fingerprint density at radius 3 is 2.75 bits per heavy atom. The molecule has 0 aliphatic carbocycles. The summed E-state index contributed by atoms with van der Waals surface area (Å²) in [5.74, 6) is -0.435. The van der Waals surface area contributed by atoms with Crippen molar-refractivity contribution in [1.82, 2.24) is 0 Å². The van der Waals surface area contributed by atoms with Crippen LogP contribution in [0.2, 0.25) is 0 Å². The first kappa shape index (κ1) is 9.39. The molecule has 3 heteroatoms. The van der Waals surface area contributed by atoms with E-state index in [9.17, 15) is 9.18 Å². The van der Waals surface area contributed by atoms with Crippen LogP contribution in [0.3, 0.4) is 0 Å². The molecular weight excluding hydrogens is 223 g/mol. The summed E-state index contributed by atoms with van der Waals surface area (Å²) in [6.07, 6.45) is 0. The fourth-order valence-electron chi connectivity index (χ4n) is 0.843. The Kier molecular flexibility index (Phi) is 2.98. The lowest BCUT2D eigenvalue weighted by Gasteiger charge is -1.99. The molecule has 0 saturated carbocycles. The second-order valence-corrected chi connectivity index (χ2v) is 3.08. The number of halogens is 2. The van der Waals surface area contributed by atoms with Gasteiger partial charge in [-0.25, -0.2) is 4.39 Å². The minimum atomic E-state index is -0.332. The van der Waals surface area contributed by atoms with Crippen LogP contribution < -0.4 is 0 Å². The highest BCUT2D eigenvalue weighted by molar-refractivity contribution is 9.09. The van der Waals surface area contributed by atoms with Crippen molar-refractivity contribution in [3.8, 4) is 0 Å². The number of benzene rings is 1. The zero-order chi connectivity index (χ0) is 9.14. The molecule has 12 heavy (non-hydrogen) atoms.